The Morgan fingerprint density at radius 3 is 2.92 bits per heavy atom. The predicted octanol–water partition coefficient (Wildman–Crippen LogP) is 5.57. The van der Waals surface area contributed by atoms with E-state index in [-0.39, 0.29) is 0 Å². The monoisotopic (exact) mass is 344 g/mol. The van der Waals surface area contributed by atoms with Crippen LogP contribution in [0, 0.1) is 35.5 Å². The van der Waals surface area contributed by atoms with Crippen molar-refractivity contribution in [1.29, 1.82) is 0 Å². The minimum absolute atomic E-state index is 0.297. The summed E-state index contributed by atoms with van der Waals surface area (Å²) in [5, 5.41) is 0. The second-order valence-electron chi connectivity index (χ2n) is 8.65. The molecule has 3 fully saturated rings. The molecule has 0 aromatic rings. The van der Waals surface area contributed by atoms with Gasteiger partial charge in [0.05, 0.1) is 12.7 Å². The normalized spacial score (nSPS) is 42.8. The second kappa shape index (κ2) is 6.09. The Labute approximate surface area is 157 Å². The van der Waals surface area contributed by atoms with E-state index in [1.807, 2.05) is 12.2 Å². The number of rotatable bonds is 5. The number of hydrogen-bond acceptors (Lipinski definition) is 1. The van der Waals surface area contributed by atoms with Crippen LogP contribution in [0.2, 0.25) is 0 Å². The Morgan fingerprint density at radius 1 is 1.27 bits per heavy atom. The molecular formula is C25H28O. The summed E-state index contributed by atoms with van der Waals surface area (Å²) in [6.45, 7) is 13.4. The fourth-order valence-corrected chi connectivity index (χ4v) is 5.49. The van der Waals surface area contributed by atoms with Gasteiger partial charge in [-0.2, -0.15) is 0 Å². The molecular weight excluding hydrogens is 316 g/mol. The van der Waals surface area contributed by atoms with E-state index in [0.717, 1.165) is 31.3 Å². The third-order valence-electron chi connectivity index (χ3n) is 7.07. The highest BCUT2D eigenvalue weighted by Crippen LogP contribution is 2.61. The minimum atomic E-state index is 0.297. The van der Waals surface area contributed by atoms with Gasteiger partial charge in [-0.25, -0.2) is 0 Å². The molecule has 0 aromatic heterocycles. The summed E-state index contributed by atoms with van der Waals surface area (Å²) in [5.74, 6) is 3.90. The van der Waals surface area contributed by atoms with E-state index in [4.69, 9.17) is 4.74 Å². The molecule has 0 aromatic carbocycles. The smallest absolute Gasteiger partial charge is 0.0851 e. The zero-order valence-electron chi connectivity index (χ0n) is 15.4. The first-order chi connectivity index (χ1) is 12.7. The van der Waals surface area contributed by atoms with Crippen LogP contribution in [0.1, 0.15) is 19.3 Å². The maximum atomic E-state index is 6.19. The molecule has 134 valence electrons. The number of hydrogen-bond donors (Lipinski definition) is 0. The van der Waals surface area contributed by atoms with Crippen LogP contribution in [0.15, 0.2) is 84.6 Å². The summed E-state index contributed by atoms with van der Waals surface area (Å²) >= 11 is 0. The van der Waals surface area contributed by atoms with E-state index in [1.165, 1.54) is 23.1 Å². The highest BCUT2D eigenvalue weighted by Gasteiger charge is 2.57. The van der Waals surface area contributed by atoms with E-state index in [0.29, 0.717) is 29.8 Å². The van der Waals surface area contributed by atoms with Gasteiger partial charge in [0.2, 0.25) is 0 Å². The van der Waals surface area contributed by atoms with E-state index in [9.17, 15) is 0 Å². The maximum absolute atomic E-state index is 6.19. The predicted molar refractivity (Wildman–Crippen MR) is 107 cm³/mol. The first-order valence-corrected chi connectivity index (χ1v) is 10.0. The molecule has 0 spiro atoms. The number of fused-ring (bicyclic) bond motifs is 3. The molecule has 0 bridgehead atoms. The molecule has 1 saturated heterocycles. The van der Waals surface area contributed by atoms with Crippen molar-refractivity contribution in [2.24, 2.45) is 35.5 Å². The van der Waals surface area contributed by atoms with Crippen molar-refractivity contribution >= 4 is 0 Å². The van der Waals surface area contributed by atoms with Crippen LogP contribution < -0.4 is 0 Å². The standard InChI is InChI=1S/C25H28O/c1-4-5-6-17-7-9-18(10-8-17)16(3)20-13-22(20)23-14-26-25-15(2)11-19-12-21(19)24(23)25/h4-7,9-10,12,17,19-20,22-25H,1-3,8,11,13-14H2/b6-5-/t17?,19?,20?,22?,23-,24?,25?/m0/s1. The molecule has 0 amide bonds. The first-order valence-electron chi connectivity index (χ1n) is 10.0. The van der Waals surface area contributed by atoms with Crippen LogP contribution in [0.3, 0.4) is 0 Å². The fraction of sp³-hybridized carbons (Fsp3) is 0.440. The molecule has 7 atom stereocenters. The zero-order valence-corrected chi connectivity index (χ0v) is 15.4. The lowest BCUT2D eigenvalue weighted by molar-refractivity contribution is 0.115. The highest BCUT2D eigenvalue weighted by molar-refractivity contribution is 5.46. The summed E-state index contributed by atoms with van der Waals surface area (Å²) in [5.41, 5.74) is 5.70. The summed E-state index contributed by atoms with van der Waals surface area (Å²) in [4.78, 5) is 0. The summed E-state index contributed by atoms with van der Waals surface area (Å²) in [6, 6.07) is 0. The molecule has 1 nitrogen and oxygen atoms in total. The van der Waals surface area contributed by atoms with Crippen molar-refractivity contribution in [3.8, 4) is 0 Å². The van der Waals surface area contributed by atoms with Crippen LogP contribution in [-0.4, -0.2) is 12.7 Å². The fourth-order valence-electron chi connectivity index (χ4n) is 5.49. The van der Waals surface area contributed by atoms with Crippen molar-refractivity contribution in [2.45, 2.75) is 25.4 Å². The zero-order chi connectivity index (χ0) is 17.8. The van der Waals surface area contributed by atoms with Crippen molar-refractivity contribution in [3.63, 3.8) is 0 Å². The molecule has 0 radical (unpaired) electrons. The lowest BCUT2D eigenvalue weighted by atomic mass is 9.75. The molecule has 5 aliphatic rings. The van der Waals surface area contributed by atoms with Gasteiger partial charge >= 0.3 is 0 Å². The summed E-state index contributed by atoms with van der Waals surface area (Å²) in [6.07, 6.45) is 19.3. The molecule has 1 aliphatic heterocycles. The van der Waals surface area contributed by atoms with Gasteiger partial charge in [-0.05, 0) is 59.7 Å². The Bertz CT molecular complexity index is 789. The number of ether oxygens (including phenoxy) is 1. The average Bonchev–Trinajstić information content (AvgIpc) is 3.57. The molecule has 4 aliphatic carbocycles. The summed E-state index contributed by atoms with van der Waals surface area (Å²) < 4.78 is 6.19. The van der Waals surface area contributed by atoms with Gasteiger partial charge in [0.15, 0.2) is 0 Å². The van der Waals surface area contributed by atoms with Gasteiger partial charge in [0.1, 0.15) is 0 Å². The second-order valence-corrected chi connectivity index (χ2v) is 8.65. The third-order valence-corrected chi connectivity index (χ3v) is 7.07. The maximum Gasteiger partial charge on any atom is 0.0851 e. The molecule has 0 N–H and O–H groups in total. The van der Waals surface area contributed by atoms with E-state index in [2.05, 4.69) is 50.1 Å². The lowest BCUT2D eigenvalue weighted by Crippen LogP contribution is -2.28. The quantitative estimate of drug-likeness (QED) is 0.468. The molecule has 1 heteroatoms. The lowest BCUT2D eigenvalue weighted by Gasteiger charge is -2.28. The Hall–Kier alpha value is -1.86. The topological polar surface area (TPSA) is 9.23 Å². The van der Waals surface area contributed by atoms with E-state index < -0.39 is 0 Å². The molecule has 1 heterocycles. The largest absolute Gasteiger partial charge is 0.373 e. The van der Waals surface area contributed by atoms with Gasteiger partial charge in [-0.15, -0.1) is 0 Å². The third kappa shape index (κ3) is 2.65. The van der Waals surface area contributed by atoms with Crippen molar-refractivity contribution < 1.29 is 4.74 Å². The van der Waals surface area contributed by atoms with Crippen LogP contribution in [0.4, 0.5) is 0 Å². The van der Waals surface area contributed by atoms with E-state index >= 15 is 0 Å². The van der Waals surface area contributed by atoms with Crippen LogP contribution in [-0.2, 0) is 4.74 Å². The first kappa shape index (κ1) is 16.3. The molecule has 2 saturated carbocycles. The van der Waals surface area contributed by atoms with Crippen molar-refractivity contribution in [1.82, 2.24) is 0 Å². The Kier molecular flexibility index (Phi) is 3.83. The van der Waals surface area contributed by atoms with Crippen LogP contribution >= 0.6 is 0 Å². The SMILES string of the molecule is C=C/C=C\C1C=CC(C(=C)C2CC2[C@@H]2COC3C(=C)CC4C=C4C32)=CC1. The van der Waals surface area contributed by atoms with Crippen LogP contribution in [0.5, 0.6) is 0 Å². The number of allylic oxidation sites excluding steroid dienone is 9. The van der Waals surface area contributed by atoms with Crippen molar-refractivity contribution in [2.75, 3.05) is 6.61 Å². The van der Waals surface area contributed by atoms with Gasteiger partial charge < -0.3 is 4.74 Å². The minimum Gasteiger partial charge on any atom is -0.373 e. The average molecular weight is 344 g/mol. The molecule has 6 unspecified atom stereocenters. The summed E-state index contributed by atoms with van der Waals surface area (Å²) in [7, 11) is 0. The highest BCUT2D eigenvalue weighted by atomic mass is 16.5. The molecule has 26 heavy (non-hydrogen) atoms. The van der Waals surface area contributed by atoms with Gasteiger partial charge in [0.25, 0.3) is 0 Å². The Balaban J connectivity index is 1.23. The Morgan fingerprint density at radius 2 is 2.15 bits per heavy atom. The van der Waals surface area contributed by atoms with Gasteiger partial charge in [0, 0.05) is 11.8 Å². The van der Waals surface area contributed by atoms with Gasteiger partial charge in [-0.1, -0.05) is 67.8 Å². The van der Waals surface area contributed by atoms with Gasteiger partial charge in [-0.3, -0.25) is 0 Å². The molecule has 5 rings (SSSR count). The van der Waals surface area contributed by atoms with E-state index in [1.54, 1.807) is 5.57 Å². The van der Waals surface area contributed by atoms with Crippen LogP contribution in [0.25, 0.3) is 0 Å². The van der Waals surface area contributed by atoms with Crippen molar-refractivity contribution in [3.05, 3.63) is 84.6 Å².